The molecule has 5 nitrogen and oxygen atoms in total. The van der Waals surface area contributed by atoms with E-state index in [0.717, 1.165) is 42.3 Å². The van der Waals surface area contributed by atoms with Crippen LogP contribution in [0.1, 0.15) is 38.5 Å². The molecule has 1 amide bonds. The number of hydrazone groups is 1. The molecule has 31 heavy (non-hydrogen) atoms. The molecule has 1 aliphatic heterocycles. The molecule has 0 spiro atoms. The molecule has 0 bridgehead atoms. The third-order valence-corrected chi connectivity index (χ3v) is 7.87. The Hall–Kier alpha value is -1.99. The molecule has 0 aromatic heterocycles. The first-order chi connectivity index (χ1) is 15.2. The van der Waals surface area contributed by atoms with E-state index in [1.54, 1.807) is 12.3 Å². The lowest BCUT2D eigenvalue weighted by atomic mass is 10.1. The van der Waals surface area contributed by atoms with Crippen LogP contribution < -0.4 is 15.3 Å². The standard InChI is InChI=1S/C24H34N4OS2/c1-3-21(20-27-28(2)22-10-5-4-6-11-22)14-18-25-16-9-17-26-24(29)13-8-7-12-23-15-19-30-31-23/h3-6,10-11,14,18,20,23H,1,7-9,12-13,15-17,19H2,2H3,(H,26,29)/p+1/b21-14+,25-18?,27-20+. The molecule has 0 aliphatic carbocycles. The van der Waals surface area contributed by atoms with Gasteiger partial charge in [0.05, 0.1) is 11.9 Å². The number of hydrogen-bond acceptors (Lipinski definition) is 5. The summed E-state index contributed by atoms with van der Waals surface area (Å²) in [6, 6.07) is 9.98. The van der Waals surface area contributed by atoms with Crippen LogP contribution in [0.15, 0.2) is 59.7 Å². The first-order valence-electron chi connectivity index (χ1n) is 11.0. The predicted molar refractivity (Wildman–Crippen MR) is 138 cm³/mol. The number of hydrogen-bond donors (Lipinski definition) is 2. The third-order valence-electron chi connectivity index (χ3n) is 4.87. The molecular formula is C24H35N4OS2+. The second kappa shape index (κ2) is 15.8. The van der Waals surface area contributed by atoms with E-state index in [2.05, 4.69) is 22.0 Å². The lowest BCUT2D eigenvalue weighted by Crippen LogP contribution is -2.69. The number of para-hydroxylation sites is 1. The van der Waals surface area contributed by atoms with E-state index in [1.807, 2.05) is 76.3 Å². The van der Waals surface area contributed by atoms with E-state index in [1.165, 1.54) is 18.6 Å². The normalized spacial score (nSPS) is 16.8. The summed E-state index contributed by atoms with van der Waals surface area (Å²) >= 11 is 0. The fourth-order valence-corrected chi connectivity index (χ4v) is 6.02. The van der Waals surface area contributed by atoms with Crippen molar-refractivity contribution in [3.63, 3.8) is 0 Å². The minimum atomic E-state index is 0.171. The topological polar surface area (TPSA) is 58.7 Å². The molecule has 0 saturated carbocycles. The minimum absolute atomic E-state index is 0.171. The highest BCUT2D eigenvalue weighted by molar-refractivity contribution is 8.77. The number of amides is 1. The van der Waals surface area contributed by atoms with Crippen LogP contribution >= 0.6 is 21.6 Å². The van der Waals surface area contributed by atoms with Gasteiger partial charge < -0.3 is 5.32 Å². The monoisotopic (exact) mass is 459 g/mol. The summed E-state index contributed by atoms with van der Waals surface area (Å²) in [6.07, 6.45) is 13.6. The van der Waals surface area contributed by atoms with Crippen molar-refractivity contribution in [2.24, 2.45) is 5.10 Å². The van der Waals surface area contributed by atoms with Gasteiger partial charge in [-0.25, -0.2) is 4.99 Å². The first-order valence-corrected chi connectivity index (χ1v) is 13.3. The summed E-state index contributed by atoms with van der Waals surface area (Å²) in [4.78, 5) is 15.1. The average Bonchev–Trinajstić information content (AvgIpc) is 3.32. The maximum atomic E-state index is 11.9. The molecule has 1 heterocycles. The molecule has 1 saturated heterocycles. The van der Waals surface area contributed by atoms with E-state index < -0.39 is 0 Å². The van der Waals surface area contributed by atoms with Gasteiger partial charge in [-0.1, -0.05) is 58.9 Å². The zero-order valence-corrected chi connectivity index (χ0v) is 20.1. The summed E-state index contributed by atoms with van der Waals surface area (Å²) < 4.78 is 0. The van der Waals surface area contributed by atoms with E-state index in [9.17, 15) is 4.79 Å². The molecule has 2 N–H and O–H groups in total. The van der Waals surface area contributed by atoms with Crippen LogP contribution in [0.2, 0.25) is 0 Å². The highest BCUT2D eigenvalue weighted by atomic mass is 33.1. The number of nitrogens with zero attached hydrogens (tertiary/aromatic N) is 2. The molecule has 1 atom stereocenters. The molecule has 0 radical (unpaired) electrons. The van der Waals surface area contributed by atoms with Gasteiger partial charge in [0, 0.05) is 43.5 Å². The number of rotatable bonds is 14. The first kappa shape index (κ1) is 25.3. The molecule has 7 heteroatoms. The van der Waals surface area contributed by atoms with Crippen molar-refractivity contribution in [1.82, 2.24) is 5.32 Å². The molecule has 1 aromatic rings. The van der Waals surface area contributed by atoms with Crippen LogP contribution in [0.25, 0.3) is 0 Å². The number of allylic oxidation sites excluding steroid dienone is 3. The van der Waals surface area contributed by atoms with Gasteiger partial charge in [0.1, 0.15) is 6.54 Å². The maximum Gasteiger partial charge on any atom is 0.219 e. The van der Waals surface area contributed by atoms with Crippen LogP contribution in [0.3, 0.4) is 0 Å². The average molecular weight is 460 g/mol. The summed E-state index contributed by atoms with van der Waals surface area (Å²) in [7, 11) is 5.91. The number of nitrogens with one attached hydrogen (secondary N) is 2. The molecule has 1 aromatic carbocycles. The predicted octanol–water partition coefficient (Wildman–Crippen LogP) is 3.59. The Kier molecular flexibility index (Phi) is 12.8. The highest BCUT2D eigenvalue weighted by Crippen LogP contribution is 2.39. The van der Waals surface area contributed by atoms with Crippen molar-refractivity contribution in [2.45, 2.75) is 43.8 Å². The molecular weight excluding hydrogens is 424 g/mol. The summed E-state index contributed by atoms with van der Waals surface area (Å²) in [5.41, 5.74) is 1.94. The van der Waals surface area contributed by atoms with Crippen molar-refractivity contribution in [3.05, 3.63) is 54.6 Å². The molecule has 1 unspecified atom stereocenters. The lowest BCUT2D eigenvalue weighted by molar-refractivity contribution is -0.451. The Labute approximate surface area is 194 Å². The second-order valence-corrected chi connectivity index (χ2v) is 10.2. The summed E-state index contributed by atoms with van der Waals surface area (Å²) in [5.74, 6) is 1.45. The van der Waals surface area contributed by atoms with E-state index in [-0.39, 0.29) is 5.91 Å². The largest absolute Gasteiger partial charge is 0.356 e. The van der Waals surface area contributed by atoms with Gasteiger partial charge in [-0.2, -0.15) is 5.10 Å². The van der Waals surface area contributed by atoms with Crippen molar-refractivity contribution >= 4 is 45.6 Å². The number of unbranched alkanes of at least 4 members (excludes halogenated alkanes) is 1. The number of anilines is 1. The quantitative estimate of drug-likeness (QED) is 0.147. The van der Waals surface area contributed by atoms with Gasteiger partial charge in [0.2, 0.25) is 5.91 Å². The Morgan fingerprint density at radius 2 is 2.16 bits per heavy atom. The Morgan fingerprint density at radius 1 is 1.32 bits per heavy atom. The zero-order valence-electron chi connectivity index (χ0n) is 18.5. The lowest BCUT2D eigenvalue weighted by Gasteiger charge is -2.11. The van der Waals surface area contributed by atoms with Crippen LogP contribution in [-0.4, -0.2) is 49.5 Å². The van der Waals surface area contributed by atoms with E-state index in [0.29, 0.717) is 13.0 Å². The van der Waals surface area contributed by atoms with Crippen LogP contribution in [0, 0.1) is 0 Å². The van der Waals surface area contributed by atoms with Gasteiger partial charge in [0.15, 0.2) is 6.21 Å². The third kappa shape index (κ3) is 11.3. The fraction of sp³-hybridized carbons (Fsp3) is 0.458. The van der Waals surface area contributed by atoms with E-state index >= 15 is 0 Å². The zero-order chi connectivity index (χ0) is 22.2. The molecule has 1 aliphatic rings. The van der Waals surface area contributed by atoms with Crippen LogP contribution in [-0.2, 0) is 4.79 Å². The van der Waals surface area contributed by atoms with Gasteiger partial charge in [-0.3, -0.25) is 9.80 Å². The maximum absolute atomic E-state index is 11.9. The Morgan fingerprint density at radius 3 is 2.90 bits per heavy atom. The van der Waals surface area contributed by atoms with Crippen LogP contribution in [0.5, 0.6) is 0 Å². The fourth-order valence-electron chi connectivity index (χ4n) is 2.99. The SMILES string of the molecule is C=CC(/C=N/N(C)c1ccccc1)=C\C=[NH+]CCCNC(=O)CCCCC1CCSS1. The summed E-state index contributed by atoms with van der Waals surface area (Å²) in [6.45, 7) is 5.35. The molecule has 168 valence electrons. The van der Waals surface area contributed by atoms with Gasteiger partial charge in [-0.05, 0) is 37.0 Å². The van der Waals surface area contributed by atoms with Gasteiger partial charge in [-0.15, -0.1) is 0 Å². The van der Waals surface area contributed by atoms with E-state index in [4.69, 9.17) is 0 Å². The van der Waals surface area contributed by atoms with Crippen molar-refractivity contribution in [1.29, 1.82) is 0 Å². The number of benzene rings is 1. The highest BCUT2D eigenvalue weighted by Gasteiger charge is 2.15. The van der Waals surface area contributed by atoms with Crippen molar-refractivity contribution in [3.8, 4) is 0 Å². The minimum Gasteiger partial charge on any atom is -0.356 e. The summed E-state index contributed by atoms with van der Waals surface area (Å²) in [5, 5.41) is 10.1. The van der Waals surface area contributed by atoms with Crippen LogP contribution in [0.4, 0.5) is 5.69 Å². The number of carbonyl (C=O) groups is 1. The Balaban J connectivity index is 1.55. The molecule has 1 fully saturated rings. The smallest absolute Gasteiger partial charge is 0.219 e. The molecule has 2 rings (SSSR count). The second-order valence-electron chi connectivity index (χ2n) is 7.37. The van der Waals surface area contributed by atoms with Gasteiger partial charge in [0.25, 0.3) is 0 Å². The van der Waals surface area contributed by atoms with Crippen molar-refractivity contribution in [2.75, 3.05) is 30.9 Å². The number of carbonyl (C=O) groups excluding carboxylic acids is 1. The van der Waals surface area contributed by atoms with Gasteiger partial charge >= 0.3 is 0 Å². The Bertz CT molecular complexity index is 743. The van der Waals surface area contributed by atoms with Crippen molar-refractivity contribution < 1.29 is 9.79 Å².